The molecule has 0 spiro atoms. The first kappa shape index (κ1) is 28.8. The van der Waals surface area contributed by atoms with Crippen molar-refractivity contribution >= 4 is 0 Å². The Bertz CT molecular complexity index is 1240. The van der Waals surface area contributed by atoms with Crippen LogP contribution in [0.4, 0.5) is 0 Å². The lowest BCUT2D eigenvalue weighted by molar-refractivity contribution is -0.196. The van der Waals surface area contributed by atoms with Crippen LogP contribution in [0.5, 0.6) is 0 Å². The van der Waals surface area contributed by atoms with Crippen molar-refractivity contribution in [1.29, 1.82) is 0 Å². The minimum atomic E-state index is 0.286. The van der Waals surface area contributed by atoms with Crippen LogP contribution in [0.3, 0.4) is 0 Å². The SMILES string of the molecule is CC1C(C)C2(C)C3C(C4C(C3(C)C)C3(C)C5C(C4(C)C3(C)C)C3(C)C(C)(C)C(C)(C)C5(C)C3(C)C)C1(C)C2(C)C. The van der Waals surface area contributed by atoms with E-state index in [2.05, 4.69) is 138 Å². The normalized spacial score (nSPS) is 66.3. The molecule has 40 heavy (non-hydrogen) atoms. The highest BCUT2D eigenvalue weighted by molar-refractivity contribution is 5.46. The third kappa shape index (κ3) is 1.74. The van der Waals surface area contributed by atoms with Gasteiger partial charge in [-0.05, 0) is 112 Å². The van der Waals surface area contributed by atoms with E-state index in [4.69, 9.17) is 0 Å². The van der Waals surface area contributed by atoms with Crippen molar-refractivity contribution in [2.45, 2.75) is 138 Å². The lowest BCUT2D eigenvalue weighted by atomic mass is 9.37. The van der Waals surface area contributed by atoms with Crippen LogP contribution in [0.15, 0.2) is 0 Å². The maximum Gasteiger partial charge on any atom is -0.0176 e. The molecule has 0 saturated heterocycles. The maximum atomic E-state index is 2.91. The standard InChI is InChI=1S/C40H68/c1-21-22(2)36(16)25-23(35(21,15)32(36,9)10)24-26(29(25,3)4)38(18)28-27(37(24,17)33(38,11)12)39(19)30(5,6)31(7,8)40(28,20)34(39,13)14/h21-28H,1-20H3. The summed E-state index contributed by atoms with van der Waals surface area (Å²) in [5.41, 5.74) is 3.99. The van der Waals surface area contributed by atoms with E-state index in [1.54, 1.807) is 0 Å². The van der Waals surface area contributed by atoms with E-state index in [-0.39, 0.29) is 10.8 Å². The molecule has 6 bridgehead atoms. The van der Waals surface area contributed by atoms with Crippen LogP contribution in [0.25, 0.3) is 0 Å². The number of rotatable bonds is 0. The van der Waals surface area contributed by atoms with Crippen LogP contribution in [0.2, 0.25) is 0 Å². The molecule has 0 radical (unpaired) electrons. The smallest absolute Gasteiger partial charge is 0.0176 e. The van der Waals surface area contributed by atoms with Gasteiger partial charge in [-0.2, -0.15) is 0 Å². The Balaban J connectivity index is 1.58. The highest BCUT2D eigenvalue weighted by atomic mass is 15.0. The van der Waals surface area contributed by atoms with E-state index >= 15 is 0 Å². The molecule has 0 nitrogen and oxygen atoms in total. The predicted octanol–water partition coefficient (Wildman–Crippen LogP) is 11.2. The lowest BCUT2D eigenvalue weighted by Gasteiger charge is -2.66. The maximum absolute atomic E-state index is 2.91. The molecule has 0 heterocycles. The Morgan fingerprint density at radius 3 is 1.07 bits per heavy atom. The van der Waals surface area contributed by atoms with Gasteiger partial charge < -0.3 is 0 Å². The molecule has 0 heteroatoms. The van der Waals surface area contributed by atoms with E-state index in [1.165, 1.54) is 0 Å². The molecule has 0 amide bonds. The molecule has 0 aromatic heterocycles. The van der Waals surface area contributed by atoms with Crippen molar-refractivity contribution in [3.63, 3.8) is 0 Å². The Morgan fingerprint density at radius 2 is 0.625 bits per heavy atom. The van der Waals surface area contributed by atoms with Crippen molar-refractivity contribution in [2.75, 3.05) is 0 Å². The Kier molecular flexibility index (Phi) is 4.39. The summed E-state index contributed by atoms with van der Waals surface area (Å²) >= 11 is 0. The first-order valence-electron chi connectivity index (χ1n) is 17.5. The monoisotopic (exact) mass is 549 g/mol. The van der Waals surface area contributed by atoms with E-state index in [0.29, 0.717) is 54.1 Å². The topological polar surface area (TPSA) is 0 Å². The van der Waals surface area contributed by atoms with Crippen LogP contribution in [0.1, 0.15) is 138 Å². The molecule has 7 aliphatic carbocycles. The van der Waals surface area contributed by atoms with E-state index < -0.39 is 0 Å². The average molecular weight is 549 g/mol. The molecule has 0 N–H and O–H groups in total. The van der Waals surface area contributed by atoms with Gasteiger partial charge in [0.25, 0.3) is 0 Å². The van der Waals surface area contributed by atoms with Gasteiger partial charge in [-0.25, -0.2) is 0 Å². The van der Waals surface area contributed by atoms with E-state index in [1.807, 2.05) is 0 Å². The molecular formula is C40H68. The Hall–Kier alpha value is 0. The lowest BCUT2D eigenvalue weighted by Crippen LogP contribution is -2.62. The molecule has 0 aromatic rings. The summed E-state index contributed by atoms with van der Waals surface area (Å²) in [6.45, 7) is 55.2. The van der Waals surface area contributed by atoms with Crippen LogP contribution in [-0.2, 0) is 0 Å². The van der Waals surface area contributed by atoms with Crippen molar-refractivity contribution in [1.82, 2.24) is 0 Å². The van der Waals surface area contributed by atoms with Crippen molar-refractivity contribution in [2.24, 2.45) is 112 Å². The van der Waals surface area contributed by atoms with Gasteiger partial charge >= 0.3 is 0 Å². The van der Waals surface area contributed by atoms with Crippen LogP contribution >= 0.6 is 0 Å². The Labute approximate surface area is 250 Å². The fourth-order valence-electron chi connectivity index (χ4n) is 19.5. The molecule has 7 aliphatic rings. The van der Waals surface area contributed by atoms with Gasteiger partial charge in [0.15, 0.2) is 0 Å². The van der Waals surface area contributed by atoms with Gasteiger partial charge in [-0.1, -0.05) is 138 Å². The number of hydrogen-bond acceptors (Lipinski definition) is 0. The van der Waals surface area contributed by atoms with Gasteiger partial charge in [-0.3, -0.25) is 0 Å². The third-order valence-corrected chi connectivity index (χ3v) is 23.0. The molecule has 7 saturated carbocycles. The predicted molar refractivity (Wildman–Crippen MR) is 171 cm³/mol. The number of hydrogen-bond donors (Lipinski definition) is 0. The quantitative estimate of drug-likeness (QED) is 0.264. The van der Waals surface area contributed by atoms with Crippen molar-refractivity contribution in [3.8, 4) is 0 Å². The van der Waals surface area contributed by atoms with Crippen molar-refractivity contribution in [3.05, 3.63) is 0 Å². The highest BCUT2D eigenvalue weighted by Gasteiger charge is 2.99. The van der Waals surface area contributed by atoms with Crippen LogP contribution < -0.4 is 0 Å². The summed E-state index contributed by atoms with van der Waals surface area (Å²) in [5.74, 6) is 6.43. The molecule has 14 atom stereocenters. The fourth-order valence-corrected chi connectivity index (χ4v) is 19.5. The molecule has 14 unspecified atom stereocenters. The van der Waals surface area contributed by atoms with Crippen LogP contribution in [-0.4, -0.2) is 0 Å². The molecule has 0 aromatic carbocycles. The highest BCUT2D eigenvalue weighted by Crippen LogP contribution is 3.03. The molecular weight excluding hydrogens is 480 g/mol. The molecule has 7 fully saturated rings. The zero-order chi connectivity index (χ0) is 30.6. The Morgan fingerprint density at radius 1 is 0.300 bits per heavy atom. The fraction of sp³-hybridized carbons (Fsp3) is 1.00. The first-order valence-corrected chi connectivity index (χ1v) is 17.5. The van der Waals surface area contributed by atoms with Crippen LogP contribution in [0, 0.1) is 112 Å². The van der Waals surface area contributed by atoms with Gasteiger partial charge in [0.2, 0.25) is 0 Å². The zero-order valence-corrected chi connectivity index (χ0v) is 30.6. The largest absolute Gasteiger partial charge is 0.0617 e. The van der Waals surface area contributed by atoms with Gasteiger partial charge in [0, 0.05) is 0 Å². The minimum Gasteiger partial charge on any atom is -0.0617 e. The summed E-state index contributed by atoms with van der Waals surface area (Å²) in [4.78, 5) is 0. The number of fused-ring (bicyclic) bond motifs is 18. The minimum absolute atomic E-state index is 0.286. The second-order valence-corrected chi connectivity index (χ2v) is 22.0. The first-order chi connectivity index (χ1) is 17.5. The summed E-state index contributed by atoms with van der Waals surface area (Å²) in [7, 11) is 0. The molecule has 228 valence electrons. The van der Waals surface area contributed by atoms with Gasteiger partial charge in [0.05, 0.1) is 0 Å². The van der Waals surface area contributed by atoms with E-state index in [0.717, 1.165) is 47.3 Å². The zero-order valence-electron chi connectivity index (χ0n) is 30.6. The van der Waals surface area contributed by atoms with E-state index in [9.17, 15) is 0 Å². The van der Waals surface area contributed by atoms with Crippen molar-refractivity contribution < 1.29 is 0 Å². The summed E-state index contributed by atoms with van der Waals surface area (Å²) in [6.07, 6.45) is 0. The molecule has 0 aliphatic heterocycles. The van der Waals surface area contributed by atoms with Gasteiger partial charge in [-0.15, -0.1) is 0 Å². The summed E-state index contributed by atoms with van der Waals surface area (Å²) in [5, 5.41) is 0. The second-order valence-electron chi connectivity index (χ2n) is 22.0. The van der Waals surface area contributed by atoms with Gasteiger partial charge in [0.1, 0.15) is 0 Å². The second kappa shape index (κ2) is 6.11. The average Bonchev–Trinajstić information content (AvgIpc) is 3.36. The summed E-state index contributed by atoms with van der Waals surface area (Å²) < 4.78 is 0. The summed E-state index contributed by atoms with van der Waals surface area (Å²) in [6, 6.07) is 0. The third-order valence-electron chi connectivity index (χ3n) is 23.0. The molecule has 7 rings (SSSR count).